The monoisotopic (exact) mass is 198 g/mol. The highest BCUT2D eigenvalue weighted by molar-refractivity contribution is 4.65. The van der Waals surface area contributed by atoms with Crippen LogP contribution in [0.5, 0.6) is 0 Å². The van der Waals surface area contributed by atoms with E-state index < -0.39 is 0 Å². The largest absolute Gasteiger partial charge is 0.350 e. The minimum absolute atomic E-state index is 0.738. The van der Waals surface area contributed by atoms with E-state index in [1.54, 1.807) is 0 Å². The van der Waals surface area contributed by atoms with E-state index in [9.17, 15) is 0 Å². The summed E-state index contributed by atoms with van der Waals surface area (Å²) < 4.78 is 0. The molecule has 0 aromatic carbocycles. The molecule has 1 saturated carbocycles. The number of rotatable bonds is 2. The van der Waals surface area contributed by atoms with E-state index in [1.807, 2.05) is 4.90 Å². The van der Waals surface area contributed by atoms with Gasteiger partial charge < -0.3 is 10.6 Å². The highest BCUT2D eigenvalue weighted by Gasteiger charge is 2.25. The van der Waals surface area contributed by atoms with Crippen LogP contribution in [0.1, 0.15) is 44.9 Å². The molecular formula is C12H26N2+2. The van der Waals surface area contributed by atoms with Crippen molar-refractivity contribution in [3.05, 3.63) is 0 Å². The summed E-state index contributed by atoms with van der Waals surface area (Å²) in [7, 11) is 0. The summed E-state index contributed by atoms with van der Waals surface area (Å²) in [6.07, 6.45) is 10.3. The Morgan fingerprint density at radius 3 is 2.50 bits per heavy atom. The van der Waals surface area contributed by atoms with Gasteiger partial charge >= 0.3 is 0 Å². The zero-order valence-electron chi connectivity index (χ0n) is 9.43. The Balaban J connectivity index is 1.72. The minimum atomic E-state index is 0.738. The van der Waals surface area contributed by atoms with E-state index >= 15 is 0 Å². The second-order valence-electron chi connectivity index (χ2n) is 5.42. The lowest BCUT2D eigenvalue weighted by molar-refractivity contribution is -0.919. The first-order valence-corrected chi connectivity index (χ1v) is 6.51. The first-order valence-electron chi connectivity index (χ1n) is 6.51. The van der Waals surface area contributed by atoms with Crippen LogP contribution in [0.3, 0.4) is 0 Å². The highest BCUT2D eigenvalue weighted by atomic mass is 15.1. The third-order valence-electron chi connectivity index (χ3n) is 4.02. The Hall–Kier alpha value is -0.0800. The lowest BCUT2D eigenvalue weighted by Crippen LogP contribution is -3.16. The van der Waals surface area contributed by atoms with Crippen LogP contribution in [0.2, 0.25) is 0 Å². The van der Waals surface area contributed by atoms with Crippen molar-refractivity contribution >= 4 is 0 Å². The molecule has 82 valence electrons. The van der Waals surface area contributed by atoms with Gasteiger partial charge in [-0.1, -0.05) is 19.3 Å². The number of nitrogens with one attached hydrogen (secondary N) is 1. The van der Waals surface area contributed by atoms with Crippen molar-refractivity contribution in [3.8, 4) is 0 Å². The summed E-state index contributed by atoms with van der Waals surface area (Å²) in [5, 5.41) is 0. The van der Waals surface area contributed by atoms with Crippen molar-refractivity contribution in [2.24, 2.45) is 5.92 Å². The highest BCUT2D eigenvalue weighted by Crippen LogP contribution is 2.22. The van der Waals surface area contributed by atoms with Crippen molar-refractivity contribution in [1.29, 1.82) is 0 Å². The fourth-order valence-electron chi connectivity index (χ4n) is 3.24. The first-order chi connectivity index (χ1) is 6.84. The lowest BCUT2D eigenvalue weighted by Gasteiger charge is -2.30. The topological polar surface area (TPSA) is 32.1 Å². The van der Waals surface area contributed by atoms with Gasteiger partial charge in [0.05, 0.1) is 13.1 Å². The van der Waals surface area contributed by atoms with E-state index in [2.05, 4.69) is 5.73 Å². The van der Waals surface area contributed by atoms with E-state index in [4.69, 9.17) is 0 Å². The van der Waals surface area contributed by atoms with Crippen LogP contribution in [0.25, 0.3) is 0 Å². The molecule has 14 heavy (non-hydrogen) atoms. The van der Waals surface area contributed by atoms with Crippen LogP contribution in [0.15, 0.2) is 0 Å². The zero-order valence-corrected chi connectivity index (χ0v) is 9.43. The van der Waals surface area contributed by atoms with Gasteiger partial charge in [-0.05, 0) is 12.8 Å². The van der Waals surface area contributed by atoms with Crippen molar-refractivity contribution in [3.63, 3.8) is 0 Å². The number of piperidine rings is 1. The Morgan fingerprint density at radius 2 is 1.79 bits per heavy atom. The van der Waals surface area contributed by atoms with E-state index in [0.717, 1.165) is 12.0 Å². The van der Waals surface area contributed by atoms with Gasteiger partial charge in [-0.3, -0.25) is 0 Å². The van der Waals surface area contributed by atoms with Crippen LogP contribution in [-0.2, 0) is 0 Å². The van der Waals surface area contributed by atoms with Gasteiger partial charge in [0.25, 0.3) is 0 Å². The average molecular weight is 198 g/mol. The predicted octanol–water partition coefficient (Wildman–Crippen LogP) is -0.144. The summed E-state index contributed by atoms with van der Waals surface area (Å²) in [5.74, 6) is 1.05. The average Bonchev–Trinajstić information content (AvgIpc) is 2.19. The summed E-state index contributed by atoms with van der Waals surface area (Å²) >= 11 is 0. The number of quaternary nitrogens is 2. The zero-order chi connectivity index (χ0) is 9.80. The molecule has 4 N–H and O–H groups in total. The molecule has 1 saturated heterocycles. The van der Waals surface area contributed by atoms with Gasteiger partial charge in [-0.15, -0.1) is 0 Å². The van der Waals surface area contributed by atoms with Gasteiger partial charge in [0, 0.05) is 18.8 Å². The maximum Gasteiger partial charge on any atom is 0.134 e. The van der Waals surface area contributed by atoms with E-state index in [0.29, 0.717) is 0 Å². The second-order valence-corrected chi connectivity index (χ2v) is 5.42. The smallest absolute Gasteiger partial charge is 0.134 e. The molecule has 2 fully saturated rings. The van der Waals surface area contributed by atoms with Gasteiger partial charge in [0.1, 0.15) is 12.6 Å². The molecule has 0 spiro atoms. The Kier molecular flexibility index (Phi) is 3.82. The van der Waals surface area contributed by atoms with Gasteiger partial charge in [0.2, 0.25) is 0 Å². The molecule has 2 atom stereocenters. The third-order valence-corrected chi connectivity index (χ3v) is 4.02. The molecule has 0 bridgehead atoms. The van der Waals surface area contributed by atoms with Gasteiger partial charge in [0.15, 0.2) is 0 Å². The Morgan fingerprint density at radius 1 is 1.00 bits per heavy atom. The summed E-state index contributed by atoms with van der Waals surface area (Å²) in [4.78, 5) is 1.85. The van der Waals surface area contributed by atoms with Crippen molar-refractivity contribution in [2.45, 2.75) is 51.0 Å². The number of hydrogen-bond donors (Lipinski definition) is 2. The Bertz CT molecular complexity index is 164. The van der Waals surface area contributed by atoms with Gasteiger partial charge in [-0.25, -0.2) is 0 Å². The quantitative estimate of drug-likeness (QED) is 0.619. The van der Waals surface area contributed by atoms with Crippen molar-refractivity contribution in [2.75, 3.05) is 19.6 Å². The molecule has 0 aromatic heterocycles. The first kappa shape index (κ1) is 10.4. The molecule has 0 radical (unpaired) electrons. The number of likely N-dealkylation sites (tertiary alicyclic amines) is 1. The van der Waals surface area contributed by atoms with E-state index in [1.165, 1.54) is 64.6 Å². The van der Waals surface area contributed by atoms with Crippen LogP contribution >= 0.6 is 0 Å². The van der Waals surface area contributed by atoms with Gasteiger partial charge in [-0.2, -0.15) is 0 Å². The van der Waals surface area contributed by atoms with Crippen LogP contribution in [0.4, 0.5) is 0 Å². The Labute approximate surface area is 87.8 Å². The molecule has 0 aromatic rings. The normalized spacial score (nSPS) is 35.8. The number of hydrogen-bond acceptors (Lipinski definition) is 0. The molecule has 2 nitrogen and oxygen atoms in total. The molecule has 2 unspecified atom stereocenters. The maximum absolute atomic E-state index is 4.22. The van der Waals surface area contributed by atoms with Crippen molar-refractivity contribution in [1.82, 2.24) is 0 Å². The standard InChI is InChI=1S/C12H24N2/c13-12-7-4-8-14(10-12)9-11-5-2-1-3-6-11/h11-12H,1-10,13H2/p+2. The molecule has 2 heteroatoms. The minimum Gasteiger partial charge on any atom is -0.350 e. The summed E-state index contributed by atoms with van der Waals surface area (Å²) in [5.41, 5.74) is 4.22. The molecular weight excluding hydrogens is 172 g/mol. The van der Waals surface area contributed by atoms with Crippen LogP contribution < -0.4 is 10.6 Å². The van der Waals surface area contributed by atoms with Crippen LogP contribution in [0, 0.1) is 5.92 Å². The second kappa shape index (κ2) is 5.13. The molecule has 2 rings (SSSR count). The molecule has 1 heterocycles. The maximum atomic E-state index is 4.22. The molecule has 1 aliphatic carbocycles. The molecule has 0 amide bonds. The lowest BCUT2D eigenvalue weighted by atomic mass is 9.88. The van der Waals surface area contributed by atoms with Crippen molar-refractivity contribution < 1.29 is 10.6 Å². The summed E-state index contributed by atoms with van der Waals surface area (Å²) in [6, 6.07) is 0.738. The summed E-state index contributed by atoms with van der Waals surface area (Å²) in [6.45, 7) is 4.21. The SMILES string of the molecule is [NH3+]C1CCC[NH+](CC2CCCCC2)C1. The molecule has 2 aliphatic rings. The molecule has 1 aliphatic heterocycles. The fraction of sp³-hybridized carbons (Fsp3) is 1.00. The third kappa shape index (κ3) is 2.96. The fourth-order valence-corrected chi connectivity index (χ4v) is 3.24. The predicted molar refractivity (Wildman–Crippen MR) is 58.0 cm³/mol. The van der Waals surface area contributed by atoms with E-state index in [-0.39, 0.29) is 0 Å². The van der Waals surface area contributed by atoms with Crippen LogP contribution in [-0.4, -0.2) is 25.7 Å².